The lowest BCUT2D eigenvalue weighted by Gasteiger charge is -2.34. The first-order chi connectivity index (χ1) is 14.3. The van der Waals surface area contributed by atoms with Gasteiger partial charge in [0, 0.05) is 18.2 Å². The number of hydrogen-bond donors (Lipinski definition) is 3. The Hall–Kier alpha value is -3.31. The minimum absolute atomic E-state index is 0.0970. The number of carbonyl (C=O) groups excluding carboxylic acids is 2. The molecule has 0 aliphatic rings. The number of rotatable bonds is 6. The third kappa shape index (κ3) is 5.61. The van der Waals surface area contributed by atoms with Crippen LogP contribution in [-0.2, 0) is 9.53 Å². The van der Waals surface area contributed by atoms with Gasteiger partial charge in [-0.1, -0.05) is 5.92 Å². The maximum Gasteiger partial charge on any atom is 0.269 e. The summed E-state index contributed by atoms with van der Waals surface area (Å²) in [5.74, 6) is 8.93. The van der Waals surface area contributed by atoms with E-state index in [0.29, 0.717) is 5.56 Å². The van der Waals surface area contributed by atoms with Crippen LogP contribution >= 0.6 is 11.3 Å². The number of hydrogen-bond acceptors (Lipinski definition) is 6. The Morgan fingerprint density at radius 1 is 1.23 bits per heavy atom. The maximum atomic E-state index is 13.4. The monoisotopic (exact) mass is 433 g/mol. The van der Waals surface area contributed by atoms with Crippen molar-refractivity contribution in [3.05, 3.63) is 52.0 Å². The largest absolute Gasteiger partial charge is 0.370 e. The number of benzene rings is 1. The molecule has 1 aromatic heterocycles. The van der Waals surface area contributed by atoms with Gasteiger partial charge in [0.05, 0.1) is 16.6 Å². The van der Waals surface area contributed by atoms with Crippen LogP contribution in [0.1, 0.15) is 27.7 Å². The molecule has 156 valence electrons. The van der Waals surface area contributed by atoms with E-state index in [0.717, 1.165) is 18.9 Å². The highest BCUT2D eigenvalue weighted by Crippen LogP contribution is 2.24. The molecule has 2 amide bonds. The first-order valence-electron chi connectivity index (χ1n) is 8.40. The van der Waals surface area contributed by atoms with E-state index < -0.39 is 29.9 Å². The molecule has 2 atom stereocenters. The van der Waals surface area contributed by atoms with Crippen LogP contribution in [0.25, 0.3) is 0 Å². The van der Waals surface area contributed by atoms with E-state index in [1.165, 1.54) is 28.9 Å². The lowest BCUT2D eigenvalue weighted by atomic mass is 9.95. The Labute approximate surface area is 175 Å². The van der Waals surface area contributed by atoms with Crippen LogP contribution in [0.4, 0.5) is 8.78 Å². The molecule has 1 heterocycles. The van der Waals surface area contributed by atoms with Crippen molar-refractivity contribution in [1.82, 2.24) is 15.8 Å². The Morgan fingerprint density at radius 2 is 1.90 bits per heavy atom. The molecule has 0 saturated heterocycles. The average Bonchev–Trinajstić information content (AvgIpc) is 3.27. The second-order valence-corrected chi connectivity index (χ2v) is 6.90. The summed E-state index contributed by atoms with van der Waals surface area (Å²) in [6.07, 6.45) is -1.49. The Kier molecular flexibility index (Phi) is 8.01. The molecule has 0 aliphatic carbocycles. The van der Waals surface area contributed by atoms with Crippen LogP contribution in [0.2, 0.25) is 0 Å². The van der Waals surface area contributed by atoms with E-state index in [2.05, 4.69) is 34.0 Å². The number of nitrogens with one attached hydrogen (secondary N) is 2. The Balaban J connectivity index is 2.13. The molecular formula is C20H17F2N3O4S. The predicted molar refractivity (Wildman–Crippen MR) is 105 cm³/mol. The number of nitrogens with zero attached hydrogens (tertiary/aromatic N) is 1. The van der Waals surface area contributed by atoms with Gasteiger partial charge in [0.25, 0.3) is 18.2 Å². The van der Waals surface area contributed by atoms with E-state index in [1.807, 2.05) is 0 Å². The van der Waals surface area contributed by atoms with Crippen LogP contribution < -0.4 is 10.8 Å². The average molecular weight is 433 g/mol. The molecule has 0 saturated carbocycles. The van der Waals surface area contributed by atoms with Crippen molar-refractivity contribution in [2.45, 2.75) is 25.0 Å². The van der Waals surface area contributed by atoms with Crippen molar-refractivity contribution in [3.63, 3.8) is 0 Å². The van der Waals surface area contributed by atoms with Crippen LogP contribution in [0.5, 0.6) is 0 Å². The zero-order chi connectivity index (χ0) is 22.1. The molecule has 0 fully saturated rings. The summed E-state index contributed by atoms with van der Waals surface area (Å²) >= 11 is 1.39. The van der Waals surface area contributed by atoms with Gasteiger partial charge in [-0.15, -0.1) is 11.3 Å². The van der Waals surface area contributed by atoms with Crippen LogP contribution in [0.3, 0.4) is 0 Å². The zero-order valence-electron chi connectivity index (χ0n) is 15.9. The van der Waals surface area contributed by atoms with Gasteiger partial charge < -0.3 is 10.1 Å². The number of halogens is 2. The third-order valence-electron chi connectivity index (χ3n) is 4.13. The van der Waals surface area contributed by atoms with Gasteiger partial charge >= 0.3 is 0 Å². The van der Waals surface area contributed by atoms with Gasteiger partial charge in [-0.05, 0) is 49.0 Å². The van der Waals surface area contributed by atoms with E-state index in [9.17, 15) is 18.4 Å². The van der Waals surface area contributed by atoms with Crippen LogP contribution in [-0.4, -0.2) is 47.2 Å². The molecule has 7 nitrogen and oxygen atoms in total. The quantitative estimate of drug-likeness (QED) is 0.367. The highest BCUT2D eigenvalue weighted by Gasteiger charge is 2.48. The minimum Gasteiger partial charge on any atom is -0.370 e. The summed E-state index contributed by atoms with van der Waals surface area (Å²) in [5, 5.41) is 11.0. The number of alkyl halides is 2. The smallest absolute Gasteiger partial charge is 0.269 e. The number of thiazole rings is 1. The number of hydroxylamine groups is 1. The second kappa shape index (κ2) is 10.5. The van der Waals surface area contributed by atoms with Gasteiger partial charge in [-0.2, -0.15) is 0 Å². The first kappa shape index (κ1) is 23.0. The Bertz CT molecular complexity index is 1000. The van der Waals surface area contributed by atoms with Gasteiger partial charge in [0.15, 0.2) is 5.60 Å². The third-order valence-corrected chi connectivity index (χ3v) is 4.82. The summed E-state index contributed by atoms with van der Waals surface area (Å²) in [7, 11) is 0.974. The van der Waals surface area contributed by atoms with Crippen molar-refractivity contribution in [1.29, 1.82) is 0 Å². The minimum atomic E-state index is -3.12. The molecule has 2 rings (SSSR count). The first-order valence-corrected chi connectivity index (χ1v) is 9.28. The van der Waals surface area contributed by atoms with Crippen LogP contribution in [0, 0.1) is 23.7 Å². The highest BCUT2D eigenvalue weighted by atomic mass is 32.1. The second-order valence-electron chi connectivity index (χ2n) is 6.01. The fourth-order valence-electron chi connectivity index (χ4n) is 2.26. The van der Waals surface area contributed by atoms with Crippen LogP contribution in [0.15, 0.2) is 36.0 Å². The van der Waals surface area contributed by atoms with Gasteiger partial charge in [0.1, 0.15) is 6.04 Å². The van der Waals surface area contributed by atoms with Gasteiger partial charge in [-0.3, -0.25) is 19.8 Å². The number of aromatic nitrogens is 1. The summed E-state index contributed by atoms with van der Waals surface area (Å²) in [6.45, 7) is 0.948. The number of ether oxygens (including phenoxy) is 1. The SMILES string of the molecule is COC(C)(C(F)F)C(NC(=O)c1ccc(C#CC#Cc2cncs2)cc1)C(=O)NO. The molecule has 0 aliphatic heterocycles. The molecule has 2 aromatic rings. The van der Waals surface area contributed by atoms with Gasteiger partial charge in [-0.25, -0.2) is 14.3 Å². The van der Waals surface area contributed by atoms with Crippen molar-refractivity contribution in [2.24, 2.45) is 0 Å². The molecule has 3 N–H and O–H groups in total. The lowest BCUT2D eigenvalue weighted by Crippen LogP contribution is -2.62. The summed E-state index contributed by atoms with van der Waals surface area (Å²) in [5.41, 5.74) is 1.24. The molecule has 2 unspecified atom stereocenters. The van der Waals surface area contributed by atoms with Crippen molar-refractivity contribution in [2.75, 3.05) is 7.11 Å². The van der Waals surface area contributed by atoms with Crippen molar-refractivity contribution in [3.8, 4) is 23.7 Å². The summed E-state index contributed by atoms with van der Waals surface area (Å²) in [6, 6.07) is 4.06. The molecular weight excluding hydrogens is 416 g/mol. The Morgan fingerprint density at radius 3 is 2.43 bits per heavy atom. The lowest BCUT2D eigenvalue weighted by molar-refractivity contribution is -0.157. The van der Waals surface area contributed by atoms with Crippen molar-refractivity contribution < 1.29 is 28.3 Å². The van der Waals surface area contributed by atoms with Gasteiger partial charge in [0.2, 0.25) is 0 Å². The number of methoxy groups -OCH3 is 1. The molecule has 10 heteroatoms. The maximum absolute atomic E-state index is 13.4. The molecule has 0 bridgehead atoms. The van der Waals surface area contributed by atoms with E-state index in [-0.39, 0.29) is 5.56 Å². The van der Waals surface area contributed by atoms with E-state index in [4.69, 9.17) is 9.94 Å². The number of carbonyl (C=O) groups is 2. The zero-order valence-corrected chi connectivity index (χ0v) is 16.7. The predicted octanol–water partition coefficient (Wildman–Crippen LogP) is 1.82. The molecule has 1 aromatic carbocycles. The summed E-state index contributed by atoms with van der Waals surface area (Å²) in [4.78, 5) is 29.0. The molecule has 0 spiro atoms. The topological polar surface area (TPSA) is 101 Å². The fourth-order valence-corrected chi connectivity index (χ4v) is 2.73. The van der Waals surface area contributed by atoms with E-state index >= 15 is 0 Å². The highest BCUT2D eigenvalue weighted by molar-refractivity contribution is 7.10. The normalized spacial score (nSPS) is 13.1. The molecule has 30 heavy (non-hydrogen) atoms. The standard InChI is InChI=1S/C20H17F2N3O4S/c1-20(29-2,19(21)22)16(18(27)25-28)24-17(26)14-9-7-13(8-10-14)5-3-4-6-15-11-23-12-30-15/h7-12,16,19,28H,1-2H3,(H,24,26)(H,25,27). The molecule has 0 radical (unpaired) electrons. The number of amides is 2. The van der Waals surface area contributed by atoms with E-state index in [1.54, 1.807) is 23.8 Å². The van der Waals surface area contributed by atoms with Crippen molar-refractivity contribution >= 4 is 23.2 Å². The summed E-state index contributed by atoms with van der Waals surface area (Å²) < 4.78 is 31.6. The fraction of sp³-hybridized carbons (Fsp3) is 0.250.